The van der Waals surface area contributed by atoms with Crippen LogP contribution in [0.3, 0.4) is 0 Å². The summed E-state index contributed by atoms with van der Waals surface area (Å²) in [6.45, 7) is 2.21. The van der Waals surface area contributed by atoms with Gasteiger partial charge in [-0.15, -0.1) is 0 Å². The standard InChI is InChI=1S/C36H33F7O/c1-2-3-4-5-22-6-8-23(9-7-22)24-10-12-25(13-11-24)27-18-30(37)34(31(38)19-27)36(42,43)44-29-16-14-26(15-17-29)28-20-32(39)35(41)33(40)21-28/h10-23H,2-9H2,1H3. The SMILES string of the molecule is CCCCCC1CCC(c2ccc(-c3cc(F)c(C(F)(F)Oc4ccc(-c5cc(F)c(F)c(F)c5)cc4)c(F)c3)cc2)CC1. The Hall–Kier alpha value is -3.81. The molecule has 5 rings (SSSR count). The fraction of sp³-hybridized carbons (Fsp3) is 0.333. The van der Waals surface area contributed by atoms with E-state index >= 15 is 17.6 Å². The topological polar surface area (TPSA) is 9.23 Å². The monoisotopic (exact) mass is 614 g/mol. The van der Waals surface area contributed by atoms with Crippen LogP contribution in [0, 0.1) is 35.0 Å². The summed E-state index contributed by atoms with van der Waals surface area (Å²) in [5.74, 6) is -6.62. The van der Waals surface area contributed by atoms with E-state index in [1.165, 1.54) is 56.2 Å². The van der Waals surface area contributed by atoms with E-state index < -0.39 is 46.5 Å². The molecule has 0 radical (unpaired) electrons. The van der Waals surface area contributed by atoms with Crippen LogP contribution >= 0.6 is 0 Å². The fourth-order valence-electron chi connectivity index (χ4n) is 6.07. The Morgan fingerprint density at radius 2 is 1.14 bits per heavy atom. The number of halogens is 7. The first-order valence-corrected chi connectivity index (χ1v) is 15.0. The maximum atomic E-state index is 15.0. The van der Waals surface area contributed by atoms with Gasteiger partial charge in [0.25, 0.3) is 0 Å². The van der Waals surface area contributed by atoms with E-state index in [9.17, 15) is 13.2 Å². The second kappa shape index (κ2) is 13.4. The van der Waals surface area contributed by atoms with Crippen LogP contribution in [0.15, 0.2) is 72.8 Å². The van der Waals surface area contributed by atoms with Gasteiger partial charge in [-0.05, 0) is 102 Å². The van der Waals surface area contributed by atoms with E-state index in [0.717, 1.165) is 55.2 Å². The minimum absolute atomic E-state index is 0.0365. The summed E-state index contributed by atoms with van der Waals surface area (Å²) < 4.78 is 105. The third kappa shape index (κ3) is 7.11. The molecule has 1 saturated carbocycles. The second-order valence-corrected chi connectivity index (χ2v) is 11.5. The van der Waals surface area contributed by atoms with E-state index in [4.69, 9.17) is 0 Å². The summed E-state index contributed by atoms with van der Waals surface area (Å²) in [5.41, 5.74) is 0.389. The Balaban J connectivity index is 1.26. The predicted octanol–water partition coefficient (Wildman–Crippen LogP) is 11.7. The minimum atomic E-state index is -4.37. The predicted molar refractivity (Wildman–Crippen MR) is 157 cm³/mol. The molecule has 232 valence electrons. The number of hydrogen-bond donors (Lipinski definition) is 0. The molecule has 0 amide bonds. The van der Waals surface area contributed by atoms with E-state index in [1.54, 1.807) is 12.1 Å². The molecule has 0 unspecified atom stereocenters. The minimum Gasteiger partial charge on any atom is -0.429 e. The first-order chi connectivity index (χ1) is 21.1. The van der Waals surface area contributed by atoms with Crippen molar-refractivity contribution in [1.29, 1.82) is 0 Å². The van der Waals surface area contributed by atoms with E-state index in [-0.39, 0.29) is 16.7 Å². The van der Waals surface area contributed by atoms with Gasteiger partial charge in [-0.1, -0.05) is 69.0 Å². The van der Waals surface area contributed by atoms with Crippen molar-refractivity contribution in [2.24, 2.45) is 5.92 Å². The lowest BCUT2D eigenvalue weighted by Gasteiger charge is -2.29. The lowest BCUT2D eigenvalue weighted by molar-refractivity contribution is -0.189. The molecule has 0 heterocycles. The number of hydrogen-bond acceptors (Lipinski definition) is 1. The zero-order chi connectivity index (χ0) is 31.4. The maximum Gasteiger partial charge on any atom is 0.432 e. The largest absolute Gasteiger partial charge is 0.432 e. The molecule has 0 bridgehead atoms. The summed E-state index contributed by atoms with van der Waals surface area (Å²) >= 11 is 0. The van der Waals surface area contributed by atoms with Gasteiger partial charge in [-0.25, -0.2) is 22.0 Å². The van der Waals surface area contributed by atoms with Crippen LogP contribution in [0.5, 0.6) is 5.75 Å². The van der Waals surface area contributed by atoms with E-state index in [2.05, 4.69) is 11.7 Å². The van der Waals surface area contributed by atoms with Crippen LogP contribution in [0.1, 0.15) is 75.3 Å². The van der Waals surface area contributed by atoms with Crippen molar-refractivity contribution in [3.8, 4) is 28.0 Å². The first-order valence-electron chi connectivity index (χ1n) is 15.0. The van der Waals surface area contributed by atoms with Gasteiger partial charge < -0.3 is 4.74 Å². The Labute approximate surface area is 252 Å². The van der Waals surface area contributed by atoms with Crippen LogP contribution in [0.4, 0.5) is 30.7 Å². The van der Waals surface area contributed by atoms with Gasteiger partial charge >= 0.3 is 6.11 Å². The molecule has 4 aromatic rings. The molecule has 1 aliphatic rings. The van der Waals surface area contributed by atoms with Crippen molar-refractivity contribution in [2.45, 2.75) is 70.3 Å². The maximum absolute atomic E-state index is 15.0. The Kier molecular flexibility index (Phi) is 9.66. The molecule has 0 aromatic heterocycles. The molecule has 4 aromatic carbocycles. The molecule has 44 heavy (non-hydrogen) atoms. The second-order valence-electron chi connectivity index (χ2n) is 11.5. The zero-order valence-corrected chi connectivity index (χ0v) is 24.3. The lowest BCUT2D eigenvalue weighted by Crippen LogP contribution is -2.25. The number of ether oxygens (including phenoxy) is 1. The van der Waals surface area contributed by atoms with Crippen LogP contribution in [-0.2, 0) is 6.11 Å². The highest BCUT2D eigenvalue weighted by molar-refractivity contribution is 5.65. The average Bonchev–Trinajstić information content (AvgIpc) is 3.00. The summed E-state index contributed by atoms with van der Waals surface area (Å²) in [6.07, 6.45) is 5.29. The highest BCUT2D eigenvalue weighted by Gasteiger charge is 2.41. The van der Waals surface area contributed by atoms with E-state index in [1.807, 2.05) is 12.1 Å². The molecule has 0 N–H and O–H groups in total. The molecule has 0 atom stereocenters. The lowest BCUT2D eigenvalue weighted by atomic mass is 9.77. The van der Waals surface area contributed by atoms with Gasteiger partial charge in [0.2, 0.25) is 0 Å². The van der Waals surface area contributed by atoms with E-state index in [0.29, 0.717) is 11.5 Å². The summed E-state index contributed by atoms with van der Waals surface area (Å²) in [5, 5.41) is 0. The molecule has 0 saturated heterocycles. The zero-order valence-electron chi connectivity index (χ0n) is 24.3. The first kappa shape index (κ1) is 31.6. The molecule has 1 aliphatic carbocycles. The normalized spacial score (nSPS) is 17.1. The van der Waals surface area contributed by atoms with Gasteiger partial charge in [-0.3, -0.25) is 0 Å². The van der Waals surface area contributed by atoms with Crippen molar-refractivity contribution in [1.82, 2.24) is 0 Å². The highest BCUT2D eigenvalue weighted by Crippen LogP contribution is 2.40. The Morgan fingerprint density at radius 3 is 1.66 bits per heavy atom. The van der Waals surface area contributed by atoms with Gasteiger partial charge in [-0.2, -0.15) is 8.78 Å². The number of benzene rings is 4. The van der Waals surface area contributed by atoms with Crippen LogP contribution in [0.2, 0.25) is 0 Å². The highest BCUT2D eigenvalue weighted by atomic mass is 19.3. The Bertz CT molecular complexity index is 1530. The molecular weight excluding hydrogens is 581 g/mol. The quantitative estimate of drug-likeness (QED) is 0.0981. The van der Waals surface area contributed by atoms with Gasteiger partial charge in [0.1, 0.15) is 22.9 Å². The third-order valence-electron chi connectivity index (χ3n) is 8.53. The van der Waals surface area contributed by atoms with Crippen molar-refractivity contribution >= 4 is 0 Å². The van der Waals surface area contributed by atoms with Crippen LogP contribution in [-0.4, -0.2) is 0 Å². The van der Waals surface area contributed by atoms with Gasteiger partial charge in [0, 0.05) is 0 Å². The van der Waals surface area contributed by atoms with Gasteiger partial charge in [0.15, 0.2) is 17.5 Å². The molecule has 0 spiro atoms. The average molecular weight is 615 g/mol. The summed E-state index contributed by atoms with van der Waals surface area (Å²) in [6, 6.07) is 15.1. The number of unbranched alkanes of at least 4 members (excludes halogenated alkanes) is 2. The molecule has 8 heteroatoms. The number of alkyl halides is 2. The van der Waals surface area contributed by atoms with Crippen LogP contribution in [0.25, 0.3) is 22.3 Å². The number of rotatable bonds is 10. The van der Waals surface area contributed by atoms with Gasteiger partial charge in [0.05, 0.1) is 0 Å². The Morgan fingerprint density at radius 1 is 0.636 bits per heavy atom. The van der Waals surface area contributed by atoms with Crippen molar-refractivity contribution in [3.63, 3.8) is 0 Å². The summed E-state index contributed by atoms with van der Waals surface area (Å²) in [7, 11) is 0. The fourth-order valence-corrected chi connectivity index (χ4v) is 6.07. The van der Waals surface area contributed by atoms with Crippen LogP contribution < -0.4 is 4.74 Å². The molecule has 0 aliphatic heterocycles. The van der Waals surface area contributed by atoms with Crippen molar-refractivity contribution < 1.29 is 35.5 Å². The molecular formula is C36H33F7O. The smallest absolute Gasteiger partial charge is 0.429 e. The molecule has 1 nitrogen and oxygen atoms in total. The molecule has 1 fully saturated rings. The van der Waals surface area contributed by atoms with Crippen molar-refractivity contribution in [2.75, 3.05) is 0 Å². The van der Waals surface area contributed by atoms with Crippen molar-refractivity contribution in [3.05, 3.63) is 113 Å². The summed E-state index contributed by atoms with van der Waals surface area (Å²) in [4.78, 5) is 0. The third-order valence-corrected chi connectivity index (χ3v) is 8.53.